The van der Waals surface area contributed by atoms with Crippen LogP contribution in [0.3, 0.4) is 0 Å². The van der Waals surface area contributed by atoms with E-state index in [1.165, 1.54) is 6.07 Å². The third kappa shape index (κ3) is 4.90. The molecule has 3 aromatic rings. The minimum absolute atomic E-state index is 0.0488. The van der Waals surface area contributed by atoms with Gasteiger partial charge in [-0.15, -0.1) is 0 Å². The highest BCUT2D eigenvalue weighted by molar-refractivity contribution is 6.35. The van der Waals surface area contributed by atoms with Crippen molar-refractivity contribution < 1.29 is 19.0 Å². The molecule has 0 amide bonds. The van der Waals surface area contributed by atoms with Crippen molar-refractivity contribution in [3.8, 4) is 23.3 Å². The number of allylic oxidation sites excluding steroid dienone is 1. The molecule has 33 heavy (non-hydrogen) atoms. The van der Waals surface area contributed by atoms with Crippen molar-refractivity contribution in [3.05, 3.63) is 98.9 Å². The van der Waals surface area contributed by atoms with E-state index in [-0.39, 0.29) is 23.8 Å². The van der Waals surface area contributed by atoms with Crippen LogP contribution in [0, 0.1) is 18.3 Å². The van der Waals surface area contributed by atoms with Crippen LogP contribution < -0.4 is 19.9 Å². The van der Waals surface area contributed by atoms with Gasteiger partial charge in [-0.2, -0.15) is 5.26 Å². The van der Waals surface area contributed by atoms with E-state index in [0.717, 1.165) is 5.56 Å². The van der Waals surface area contributed by atoms with Crippen molar-refractivity contribution in [2.75, 3.05) is 6.61 Å². The number of halogens is 2. The van der Waals surface area contributed by atoms with Crippen LogP contribution in [-0.2, 0) is 4.79 Å². The van der Waals surface area contributed by atoms with Gasteiger partial charge >= 0.3 is 5.97 Å². The summed E-state index contributed by atoms with van der Waals surface area (Å²) in [6.07, 6.45) is 0. The lowest BCUT2D eigenvalue weighted by Crippen LogP contribution is -2.22. The highest BCUT2D eigenvalue weighted by atomic mass is 35.5. The van der Waals surface area contributed by atoms with E-state index < -0.39 is 11.9 Å². The highest BCUT2D eigenvalue weighted by Gasteiger charge is 2.32. The number of ether oxygens (including phenoxy) is 3. The van der Waals surface area contributed by atoms with Gasteiger partial charge in [-0.05, 0) is 48.4 Å². The minimum atomic E-state index is -0.578. The molecule has 0 saturated heterocycles. The second kappa shape index (κ2) is 9.45. The number of esters is 1. The molecule has 6 nitrogen and oxygen atoms in total. The topological polar surface area (TPSA) is 94.6 Å². The normalized spacial score (nSPS) is 14.7. The molecule has 0 fully saturated rings. The lowest BCUT2D eigenvalue weighted by Gasteiger charge is -2.27. The summed E-state index contributed by atoms with van der Waals surface area (Å²) >= 11 is 12.4. The summed E-state index contributed by atoms with van der Waals surface area (Å²) in [6, 6.07) is 19.3. The summed E-state index contributed by atoms with van der Waals surface area (Å²) in [6.45, 7) is 1.67. The second-order valence-corrected chi connectivity index (χ2v) is 8.21. The fourth-order valence-corrected chi connectivity index (χ4v) is 4.08. The van der Waals surface area contributed by atoms with Crippen molar-refractivity contribution >= 4 is 29.2 Å². The zero-order valence-corrected chi connectivity index (χ0v) is 19.0. The highest BCUT2D eigenvalue weighted by Crippen LogP contribution is 2.45. The maximum Gasteiger partial charge on any atom is 0.349 e. The number of hydrogen-bond donors (Lipinski definition) is 1. The van der Waals surface area contributed by atoms with E-state index in [2.05, 4.69) is 6.07 Å². The Morgan fingerprint density at radius 3 is 2.61 bits per heavy atom. The van der Waals surface area contributed by atoms with E-state index in [1.54, 1.807) is 36.4 Å². The van der Waals surface area contributed by atoms with Crippen LogP contribution in [0.25, 0.3) is 0 Å². The van der Waals surface area contributed by atoms with E-state index in [1.807, 2.05) is 25.1 Å². The van der Waals surface area contributed by atoms with Crippen LogP contribution >= 0.6 is 23.2 Å². The molecule has 4 rings (SSSR count). The SMILES string of the molecule is Cc1cccc(OCC(=O)Oc2ccc3c(c2)OC(N)=C(C#N)C3c2ccc(Cl)cc2Cl)c1. The fraction of sp³-hybridized carbons (Fsp3) is 0.120. The number of fused-ring (bicyclic) bond motifs is 1. The molecule has 0 aliphatic carbocycles. The van der Waals surface area contributed by atoms with Crippen LogP contribution in [-0.4, -0.2) is 12.6 Å². The first kappa shape index (κ1) is 22.5. The Bertz CT molecular complexity index is 1310. The first-order chi connectivity index (χ1) is 15.9. The quantitative estimate of drug-likeness (QED) is 0.382. The van der Waals surface area contributed by atoms with Gasteiger partial charge in [0, 0.05) is 21.7 Å². The first-order valence-corrected chi connectivity index (χ1v) is 10.7. The number of benzene rings is 3. The molecule has 8 heteroatoms. The maximum atomic E-state index is 12.3. The molecule has 0 spiro atoms. The summed E-state index contributed by atoms with van der Waals surface area (Å²) in [7, 11) is 0. The van der Waals surface area contributed by atoms with Crippen LogP contribution in [0.1, 0.15) is 22.6 Å². The molecular weight excluding hydrogens is 463 g/mol. The number of carbonyl (C=O) groups excluding carboxylic acids is 1. The molecular formula is C25H18Cl2N2O4. The number of rotatable bonds is 5. The smallest absolute Gasteiger partial charge is 0.349 e. The Hall–Kier alpha value is -3.66. The van der Waals surface area contributed by atoms with Gasteiger partial charge in [0.2, 0.25) is 5.88 Å². The number of hydrogen-bond acceptors (Lipinski definition) is 6. The minimum Gasteiger partial charge on any atom is -0.482 e. The molecule has 1 heterocycles. The Balaban J connectivity index is 1.57. The number of carbonyl (C=O) groups is 1. The van der Waals surface area contributed by atoms with E-state index in [4.69, 9.17) is 43.1 Å². The van der Waals surface area contributed by atoms with Crippen LogP contribution in [0.15, 0.2) is 72.1 Å². The molecule has 0 saturated carbocycles. The number of nitriles is 1. The largest absolute Gasteiger partial charge is 0.482 e. The Labute approximate surface area is 200 Å². The zero-order valence-electron chi connectivity index (χ0n) is 17.5. The summed E-state index contributed by atoms with van der Waals surface area (Å²) in [5, 5.41) is 10.6. The zero-order chi connectivity index (χ0) is 23.5. The van der Waals surface area contributed by atoms with Gasteiger partial charge in [0.05, 0.1) is 5.92 Å². The molecule has 1 unspecified atom stereocenters. The predicted molar refractivity (Wildman–Crippen MR) is 125 cm³/mol. The van der Waals surface area contributed by atoms with Crippen LogP contribution in [0.2, 0.25) is 10.0 Å². The van der Waals surface area contributed by atoms with Gasteiger partial charge in [-0.1, -0.05) is 47.5 Å². The molecule has 0 bridgehead atoms. The van der Waals surface area contributed by atoms with Gasteiger partial charge < -0.3 is 19.9 Å². The molecule has 1 aliphatic rings. The molecule has 0 aromatic heterocycles. The van der Waals surface area contributed by atoms with Crippen LogP contribution in [0.5, 0.6) is 17.2 Å². The Morgan fingerprint density at radius 1 is 1.09 bits per heavy atom. The standard InChI is InChI=1S/C25H18Cl2N2O4/c1-14-3-2-4-16(9-14)31-13-23(30)32-17-6-8-19-22(11-17)33-25(29)20(12-28)24(19)18-7-5-15(26)10-21(18)27/h2-11,24H,13,29H2,1H3. The molecule has 1 atom stereocenters. The van der Waals surface area contributed by atoms with Gasteiger partial charge in [0.1, 0.15) is 28.9 Å². The fourth-order valence-electron chi connectivity index (χ4n) is 3.56. The van der Waals surface area contributed by atoms with Crippen molar-refractivity contribution in [2.24, 2.45) is 5.73 Å². The van der Waals surface area contributed by atoms with Gasteiger partial charge in [0.25, 0.3) is 0 Å². The summed E-state index contributed by atoms with van der Waals surface area (Å²) in [5.74, 6) is -0.00508. The molecule has 2 N–H and O–H groups in total. The van der Waals surface area contributed by atoms with Gasteiger partial charge in [-0.25, -0.2) is 4.79 Å². The summed E-state index contributed by atoms with van der Waals surface area (Å²) < 4.78 is 16.5. The average Bonchev–Trinajstić information content (AvgIpc) is 2.77. The lowest BCUT2D eigenvalue weighted by atomic mass is 9.83. The molecule has 1 aliphatic heterocycles. The van der Waals surface area contributed by atoms with E-state index in [9.17, 15) is 10.1 Å². The molecule has 0 radical (unpaired) electrons. The summed E-state index contributed by atoms with van der Waals surface area (Å²) in [4.78, 5) is 12.3. The third-order valence-electron chi connectivity index (χ3n) is 5.04. The van der Waals surface area contributed by atoms with Crippen molar-refractivity contribution in [2.45, 2.75) is 12.8 Å². The number of nitrogens with two attached hydrogens (primary N) is 1. The van der Waals surface area contributed by atoms with Gasteiger partial charge in [0.15, 0.2) is 6.61 Å². The van der Waals surface area contributed by atoms with Crippen molar-refractivity contribution in [3.63, 3.8) is 0 Å². The lowest BCUT2D eigenvalue weighted by molar-refractivity contribution is -0.136. The Morgan fingerprint density at radius 2 is 1.88 bits per heavy atom. The van der Waals surface area contributed by atoms with E-state index >= 15 is 0 Å². The molecule has 166 valence electrons. The average molecular weight is 481 g/mol. The first-order valence-electron chi connectivity index (χ1n) is 9.92. The summed E-state index contributed by atoms with van der Waals surface area (Å²) in [5.41, 5.74) is 8.58. The Kier molecular flexibility index (Phi) is 6.45. The number of nitrogens with zero attached hydrogens (tertiary/aromatic N) is 1. The monoisotopic (exact) mass is 480 g/mol. The van der Waals surface area contributed by atoms with Gasteiger partial charge in [-0.3, -0.25) is 0 Å². The number of aryl methyl sites for hydroxylation is 1. The second-order valence-electron chi connectivity index (χ2n) is 7.37. The third-order valence-corrected chi connectivity index (χ3v) is 5.60. The molecule has 3 aromatic carbocycles. The predicted octanol–water partition coefficient (Wildman–Crippen LogP) is 5.50. The van der Waals surface area contributed by atoms with Crippen LogP contribution in [0.4, 0.5) is 0 Å². The van der Waals surface area contributed by atoms with Crippen molar-refractivity contribution in [1.29, 1.82) is 5.26 Å². The maximum absolute atomic E-state index is 12.3. The van der Waals surface area contributed by atoms with E-state index in [0.29, 0.717) is 32.7 Å². The van der Waals surface area contributed by atoms with Crippen molar-refractivity contribution in [1.82, 2.24) is 0 Å².